The van der Waals surface area contributed by atoms with Gasteiger partial charge in [0.25, 0.3) is 0 Å². The van der Waals surface area contributed by atoms with Crippen LogP contribution in [-0.4, -0.2) is 13.2 Å². The van der Waals surface area contributed by atoms with Gasteiger partial charge in [-0.2, -0.15) is 0 Å². The lowest BCUT2D eigenvalue weighted by Crippen LogP contribution is -2.29. The van der Waals surface area contributed by atoms with Gasteiger partial charge in [-0.1, -0.05) is 17.7 Å². The van der Waals surface area contributed by atoms with Crippen molar-refractivity contribution in [2.75, 3.05) is 13.2 Å². The van der Waals surface area contributed by atoms with E-state index >= 15 is 0 Å². The predicted octanol–water partition coefficient (Wildman–Crippen LogP) is 2.69. The lowest BCUT2D eigenvalue weighted by Gasteiger charge is -2.39. The summed E-state index contributed by atoms with van der Waals surface area (Å²) < 4.78 is 5.62. The number of rotatable bonds is 0. The quantitative estimate of drug-likeness (QED) is 0.516. The number of fused-ring (bicyclic) bond motifs is 1. The summed E-state index contributed by atoms with van der Waals surface area (Å²) in [5, 5.41) is 0. The van der Waals surface area contributed by atoms with Gasteiger partial charge in [-0.05, 0) is 43.1 Å². The molecule has 0 aromatic rings. The fourth-order valence-corrected chi connectivity index (χ4v) is 2.81. The molecule has 1 fully saturated rings. The monoisotopic (exact) mass is 176 g/mol. The molecule has 1 heterocycles. The average Bonchev–Trinajstić information content (AvgIpc) is 2.16. The van der Waals surface area contributed by atoms with Gasteiger partial charge in [0.15, 0.2) is 0 Å². The molecule has 0 saturated carbocycles. The fourth-order valence-electron chi connectivity index (χ4n) is 2.81. The van der Waals surface area contributed by atoms with Crippen LogP contribution in [0.5, 0.6) is 0 Å². The highest BCUT2D eigenvalue weighted by molar-refractivity contribution is 5.30. The zero-order valence-electron chi connectivity index (χ0n) is 7.96. The number of hydrogen-bond acceptors (Lipinski definition) is 1. The zero-order chi connectivity index (χ0) is 8.67. The molecule has 3 rings (SSSR count). The Morgan fingerprint density at radius 3 is 3.38 bits per heavy atom. The molecule has 0 N–H and O–H groups in total. The molecule has 0 unspecified atom stereocenters. The topological polar surface area (TPSA) is 9.23 Å². The maximum atomic E-state index is 5.62. The second-order valence-electron chi connectivity index (χ2n) is 4.47. The lowest BCUT2D eigenvalue weighted by molar-refractivity contribution is 0.142. The molecule has 0 amide bonds. The van der Waals surface area contributed by atoms with Gasteiger partial charge < -0.3 is 4.74 Å². The molecule has 0 aromatic heterocycles. The van der Waals surface area contributed by atoms with Gasteiger partial charge in [0, 0.05) is 6.61 Å². The summed E-state index contributed by atoms with van der Waals surface area (Å²) >= 11 is 0. The molecule has 1 aliphatic heterocycles. The molecule has 2 bridgehead atoms. The van der Waals surface area contributed by atoms with E-state index in [-0.39, 0.29) is 0 Å². The van der Waals surface area contributed by atoms with Crippen LogP contribution in [0.1, 0.15) is 25.7 Å². The summed E-state index contributed by atoms with van der Waals surface area (Å²) in [6.45, 7) is 1.86. The fraction of sp³-hybridized carbons (Fsp3) is 0.667. The van der Waals surface area contributed by atoms with Crippen molar-refractivity contribution in [1.82, 2.24) is 0 Å². The molecule has 0 radical (unpaired) electrons. The highest BCUT2D eigenvalue weighted by Crippen LogP contribution is 2.45. The SMILES string of the molecule is C1=C2CCCOCC3=C[C@H](C1)[C@@H]3C2. The largest absolute Gasteiger partial charge is 0.377 e. The summed E-state index contributed by atoms with van der Waals surface area (Å²) in [6, 6.07) is 0. The van der Waals surface area contributed by atoms with Crippen molar-refractivity contribution in [2.24, 2.45) is 11.8 Å². The predicted molar refractivity (Wildman–Crippen MR) is 52.4 cm³/mol. The van der Waals surface area contributed by atoms with Crippen LogP contribution in [0.4, 0.5) is 0 Å². The number of allylic oxidation sites excluding steroid dienone is 3. The van der Waals surface area contributed by atoms with Crippen LogP contribution < -0.4 is 0 Å². The van der Waals surface area contributed by atoms with Crippen molar-refractivity contribution in [3.05, 3.63) is 23.3 Å². The molecular formula is C12H16O. The molecule has 0 aromatic carbocycles. The van der Waals surface area contributed by atoms with Gasteiger partial charge in [-0.25, -0.2) is 0 Å². The standard InChI is InChI=1S/C12H16O/c1-2-9-3-4-10-7-11(8-13-5-1)12(10)6-9/h3,7,10,12H,1-2,4-6,8H2/t10-,12-/m0/s1. The third-order valence-corrected chi connectivity index (χ3v) is 3.64. The van der Waals surface area contributed by atoms with Crippen LogP contribution in [0.2, 0.25) is 0 Å². The lowest BCUT2D eigenvalue weighted by atomic mass is 9.67. The summed E-state index contributed by atoms with van der Waals surface area (Å²) in [6.07, 6.45) is 10.0. The first-order valence-electron chi connectivity index (χ1n) is 5.40. The molecule has 2 aliphatic carbocycles. The Morgan fingerprint density at radius 1 is 1.38 bits per heavy atom. The first kappa shape index (κ1) is 7.81. The van der Waals surface area contributed by atoms with Crippen LogP contribution in [0.15, 0.2) is 23.3 Å². The third kappa shape index (κ3) is 1.26. The first-order valence-corrected chi connectivity index (χ1v) is 5.40. The second kappa shape index (κ2) is 2.98. The van der Waals surface area contributed by atoms with Crippen LogP contribution in [0.25, 0.3) is 0 Å². The molecule has 3 aliphatic rings. The molecule has 13 heavy (non-hydrogen) atoms. The van der Waals surface area contributed by atoms with Gasteiger partial charge in [0.2, 0.25) is 0 Å². The van der Waals surface area contributed by atoms with Gasteiger partial charge in [-0.15, -0.1) is 0 Å². The Labute approximate surface area is 79.5 Å². The Morgan fingerprint density at radius 2 is 2.38 bits per heavy atom. The minimum Gasteiger partial charge on any atom is -0.377 e. The van der Waals surface area contributed by atoms with E-state index in [9.17, 15) is 0 Å². The van der Waals surface area contributed by atoms with Crippen molar-refractivity contribution >= 4 is 0 Å². The van der Waals surface area contributed by atoms with E-state index in [1.54, 1.807) is 11.1 Å². The van der Waals surface area contributed by atoms with Gasteiger partial charge >= 0.3 is 0 Å². The molecule has 1 saturated heterocycles. The number of hydrogen-bond donors (Lipinski definition) is 0. The maximum Gasteiger partial charge on any atom is 0.0679 e. The highest BCUT2D eigenvalue weighted by atomic mass is 16.5. The van der Waals surface area contributed by atoms with Crippen molar-refractivity contribution in [3.63, 3.8) is 0 Å². The van der Waals surface area contributed by atoms with Crippen LogP contribution in [0.3, 0.4) is 0 Å². The van der Waals surface area contributed by atoms with E-state index in [1.807, 2.05) is 0 Å². The minimum atomic E-state index is 0.859. The molecule has 1 nitrogen and oxygen atoms in total. The summed E-state index contributed by atoms with van der Waals surface area (Å²) in [4.78, 5) is 0. The Bertz CT molecular complexity index is 265. The first-order chi connectivity index (χ1) is 6.43. The van der Waals surface area contributed by atoms with Crippen molar-refractivity contribution in [2.45, 2.75) is 25.7 Å². The highest BCUT2D eigenvalue weighted by Gasteiger charge is 2.34. The van der Waals surface area contributed by atoms with E-state index < -0.39 is 0 Å². The van der Waals surface area contributed by atoms with E-state index in [0.29, 0.717) is 0 Å². The molecular weight excluding hydrogens is 160 g/mol. The third-order valence-electron chi connectivity index (χ3n) is 3.64. The van der Waals surface area contributed by atoms with Gasteiger partial charge in [-0.3, -0.25) is 0 Å². The normalized spacial score (nSPS) is 37.5. The van der Waals surface area contributed by atoms with Gasteiger partial charge in [0.05, 0.1) is 6.61 Å². The summed E-state index contributed by atoms with van der Waals surface area (Å²) in [5.41, 5.74) is 3.27. The van der Waals surface area contributed by atoms with Crippen molar-refractivity contribution < 1.29 is 4.74 Å². The molecule has 2 atom stereocenters. The Hall–Kier alpha value is -0.560. The van der Waals surface area contributed by atoms with Crippen LogP contribution in [0, 0.1) is 11.8 Å². The smallest absolute Gasteiger partial charge is 0.0679 e. The molecule has 1 heteroatoms. The van der Waals surface area contributed by atoms with Crippen molar-refractivity contribution in [1.29, 1.82) is 0 Å². The maximum absolute atomic E-state index is 5.62. The summed E-state index contributed by atoms with van der Waals surface area (Å²) in [5.74, 6) is 1.72. The van der Waals surface area contributed by atoms with Crippen molar-refractivity contribution in [3.8, 4) is 0 Å². The van der Waals surface area contributed by atoms with Crippen LogP contribution >= 0.6 is 0 Å². The minimum absolute atomic E-state index is 0.859. The molecule has 0 spiro atoms. The average molecular weight is 176 g/mol. The van der Waals surface area contributed by atoms with E-state index in [4.69, 9.17) is 4.74 Å². The van der Waals surface area contributed by atoms with E-state index in [2.05, 4.69) is 12.2 Å². The second-order valence-corrected chi connectivity index (χ2v) is 4.47. The zero-order valence-corrected chi connectivity index (χ0v) is 7.96. The Kier molecular flexibility index (Phi) is 1.79. The molecule has 70 valence electrons. The number of ether oxygens (including phenoxy) is 1. The van der Waals surface area contributed by atoms with E-state index in [1.165, 1.54) is 25.7 Å². The van der Waals surface area contributed by atoms with Gasteiger partial charge in [0.1, 0.15) is 0 Å². The van der Waals surface area contributed by atoms with Crippen LogP contribution in [-0.2, 0) is 4.74 Å². The van der Waals surface area contributed by atoms with E-state index in [0.717, 1.165) is 25.0 Å². The Balaban J connectivity index is 1.85. The summed E-state index contributed by atoms with van der Waals surface area (Å²) in [7, 11) is 0.